The Morgan fingerprint density at radius 2 is 2.04 bits per heavy atom. The molecule has 1 aromatic heterocycles. The molecule has 0 radical (unpaired) electrons. The molecule has 0 bridgehead atoms. The van der Waals surface area contributed by atoms with E-state index in [0.29, 0.717) is 39.7 Å². The minimum Gasteiger partial charge on any atom is -0.493 e. The van der Waals surface area contributed by atoms with Crippen LogP contribution in [0.15, 0.2) is 47.3 Å². The summed E-state index contributed by atoms with van der Waals surface area (Å²) in [6.45, 7) is 2.42. The van der Waals surface area contributed by atoms with Gasteiger partial charge in [-0.1, -0.05) is 29.8 Å². The number of fused-ring (bicyclic) bond motifs is 1. The molecule has 7 nitrogen and oxygen atoms in total. The van der Waals surface area contributed by atoms with Crippen molar-refractivity contribution in [1.29, 1.82) is 0 Å². The minimum atomic E-state index is -0.353. The van der Waals surface area contributed by atoms with Crippen LogP contribution < -0.4 is 15.6 Å². The Morgan fingerprint density at radius 1 is 1.26 bits per heavy atom. The van der Waals surface area contributed by atoms with E-state index >= 15 is 0 Å². The van der Waals surface area contributed by atoms with Crippen molar-refractivity contribution in [2.45, 2.75) is 13.5 Å². The van der Waals surface area contributed by atoms with Crippen LogP contribution in [0.4, 0.5) is 10.5 Å². The zero-order valence-electron chi connectivity index (χ0n) is 15.0. The van der Waals surface area contributed by atoms with Gasteiger partial charge in [0.25, 0.3) is 5.56 Å². The number of carbonyl (C=O) groups is 1. The first-order chi connectivity index (χ1) is 13.0. The first-order valence-electron chi connectivity index (χ1n) is 8.39. The number of hydrogen-bond acceptors (Lipinski definition) is 4. The van der Waals surface area contributed by atoms with E-state index in [-0.39, 0.29) is 18.1 Å². The molecule has 140 valence electrons. The van der Waals surface area contributed by atoms with Crippen LogP contribution in [0.1, 0.15) is 12.7 Å². The molecule has 3 aromatic rings. The molecule has 0 aliphatic carbocycles. The van der Waals surface area contributed by atoms with E-state index in [2.05, 4.69) is 15.3 Å². The number of nitrogens with zero attached hydrogens (tertiary/aromatic N) is 2. The molecular formula is C19H19ClN4O3. The van der Waals surface area contributed by atoms with Gasteiger partial charge >= 0.3 is 6.03 Å². The van der Waals surface area contributed by atoms with Crippen LogP contribution in [0, 0.1) is 0 Å². The first kappa shape index (κ1) is 18.7. The average molecular weight is 387 g/mol. The molecule has 0 aliphatic heterocycles. The Hall–Kier alpha value is -3.06. The van der Waals surface area contributed by atoms with Gasteiger partial charge in [0.05, 0.1) is 35.3 Å². The van der Waals surface area contributed by atoms with E-state index in [4.69, 9.17) is 16.3 Å². The lowest BCUT2D eigenvalue weighted by Crippen LogP contribution is -2.35. The second-order valence-corrected chi connectivity index (χ2v) is 6.20. The number of urea groups is 1. The Balaban J connectivity index is 1.82. The van der Waals surface area contributed by atoms with Crippen molar-refractivity contribution >= 4 is 34.2 Å². The Morgan fingerprint density at radius 3 is 2.78 bits per heavy atom. The van der Waals surface area contributed by atoms with Gasteiger partial charge in [0.1, 0.15) is 5.82 Å². The number of aromatic amines is 1. The molecule has 0 spiro atoms. The van der Waals surface area contributed by atoms with Crippen molar-refractivity contribution < 1.29 is 9.53 Å². The third-order valence-electron chi connectivity index (χ3n) is 4.08. The maximum Gasteiger partial charge on any atom is 0.322 e. The van der Waals surface area contributed by atoms with Crippen LogP contribution >= 0.6 is 11.6 Å². The van der Waals surface area contributed by atoms with Crippen LogP contribution in [0.3, 0.4) is 0 Å². The predicted octanol–water partition coefficient (Wildman–Crippen LogP) is 3.64. The van der Waals surface area contributed by atoms with Crippen LogP contribution in [-0.4, -0.2) is 34.6 Å². The van der Waals surface area contributed by atoms with E-state index in [1.807, 2.05) is 13.0 Å². The number of methoxy groups -OCH3 is 1. The molecule has 0 aliphatic rings. The third-order valence-corrected chi connectivity index (χ3v) is 4.38. The van der Waals surface area contributed by atoms with Gasteiger partial charge in [-0.25, -0.2) is 9.78 Å². The quantitative estimate of drug-likeness (QED) is 0.700. The SMILES string of the molecule is CCN(Cc1nc2ccccc2c(=O)[nH]1)C(=O)Nc1cccc(Cl)c1OC. The van der Waals surface area contributed by atoms with Gasteiger partial charge in [0, 0.05) is 6.54 Å². The van der Waals surface area contributed by atoms with Crippen molar-refractivity contribution in [2.24, 2.45) is 0 Å². The summed E-state index contributed by atoms with van der Waals surface area (Å²) in [6, 6.07) is 11.8. The molecule has 2 amide bonds. The highest BCUT2D eigenvalue weighted by molar-refractivity contribution is 6.32. The number of benzene rings is 2. The number of H-pyrrole nitrogens is 1. The highest BCUT2D eigenvalue weighted by atomic mass is 35.5. The summed E-state index contributed by atoms with van der Waals surface area (Å²) in [6.07, 6.45) is 0. The van der Waals surface area contributed by atoms with Gasteiger partial charge < -0.3 is 19.9 Å². The van der Waals surface area contributed by atoms with Crippen molar-refractivity contribution in [1.82, 2.24) is 14.9 Å². The molecule has 0 atom stereocenters. The number of rotatable bonds is 5. The van der Waals surface area contributed by atoms with Gasteiger partial charge in [0.2, 0.25) is 0 Å². The van der Waals surface area contributed by atoms with Gasteiger partial charge in [-0.15, -0.1) is 0 Å². The smallest absolute Gasteiger partial charge is 0.322 e. The zero-order chi connectivity index (χ0) is 19.4. The molecule has 0 fully saturated rings. The molecule has 0 saturated carbocycles. The second kappa shape index (κ2) is 8.09. The molecule has 8 heteroatoms. The highest BCUT2D eigenvalue weighted by Gasteiger charge is 2.17. The van der Waals surface area contributed by atoms with Crippen molar-refractivity contribution in [3.63, 3.8) is 0 Å². The lowest BCUT2D eigenvalue weighted by molar-refractivity contribution is 0.210. The molecule has 0 unspecified atom stereocenters. The van der Waals surface area contributed by atoms with Crippen LogP contribution in [0.2, 0.25) is 5.02 Å². The lowest BCUT2D eigenvalue weighted by Gasteiger charge is -2.22. The molecule has 27 heavy (non-hydrogen) atoms. The van der Waals surface area contributed by atoms with Gasteiger partial charge in [0.15, 0.2) is 5.75 Å². The fourth-order valence-electron chi connectivity index (χ4n) is 2.73. The zero-order valence-corrected chi connectivity index (χ0v) is 15.7. The van der Waals surface area contributed by atoms with Gasteiger partial charge in [-0.3, -0.25) is 4.79 Å². The molecule has 2 aromatic carbocycles. The highest BCUT2D eigenvalue weighted by Crippen LogP contribution is 2.32. The number of aromatic nitrogens is 2. The van der Waals surface area contributed by atoms with Crippen molar-refractivity contribution in [3.8, 4) is 5.75 Å². The third kappa shape index (κ3) is 4.03. The van der Waals surface area contributed by atoms with E-state index in [1.54, 1.807) is 36.4 Å². The molecule has 3 rings (SSSR count). The van der Waals surface area contributed by atoms with Gasteiger partial charge in [-0.2, -0.15) is 0 Å². The Labute approximate surface area is 160 Å². The van der Waals surface area contributed by atoms with Crippen molar-refractivity contribution in [2.75, 3.05) is 19.0 Å². The van der Waals surface area contributed by atoms with Gasteiger partial charge in [-0.05, 0) is 31.2 Å². The fourth-order valence-corrected chi connectivity index (χ4v) is 2.98. The van der Waals surface area contributed by atoms with Crippen LogP contribution in [-0.2, 0) is 6.54 Å². The maximum atomic E-state index is 12.7. The normalized spacial score (nSPS) is 10.6. The largest absolute Gasteiger partial charge is 0.493 e. The van der Waals surface area contributed by atoms with E-state index < -0.39 is 0 Å². The topological polar surface area (TPSA) is 87.3 Å². The van der Waals surface area contributed by atoms with Crippen molar-refractivity contribution in [3.05, 3.63) is 63.7 Å². The molecule has 1 heterocycles. The Bertz CT molecular complexity index is 1030. The second-order valence-electron chi connectivity index (χ2n) is 5.79. The van der Waals surface area contributed by atoms with E-state index in [1.165, 1.54) is 12.0 Å². The number of anilines is 1. The van der Waals surface area contributed by atoms with Crippen LogP contribution in [0.5, 0.6) is 5.75 Å². The number of amides is 2. The fraction of sp³-hybridized carbons (Fsp3) is 0.211. The summed E-state index contributed by atoms with van der Waals surface area (Å²) in [5.74, 6) is 0.801. The first-order valence-corrected chi connectivity index (χ1v) is 8.77. The summed E-state index contributed by atoms with van der Waals surface area (Å²) in [7, 11) is 1.48. The van der Waals surface area contributed by atoms with E-state index in [0.717, 1.165) is 0 Å². The number of halogens is 1. The van der Waals surface area contributed by atoms with Crippen LogP contribution in [0.25, 0.3) is 10.9 Å². The number of hydrogen-bond donors (Lipinski definition) is 2. The molecule has 0 saturated heterocycles. The number of ether oxygens (including phenoxy) is 1. The summed E-state index contributed by atoms with van der Waals surface area (Å²) < 4.78 is 5.25. The standard InChI is InChI=1S/C19H19ClN4O3/c1-3-24(19(26)22-15-10-6-8-13(20)17(15)27-2)11-16-21-14-9-5-4-7-12(14)18(25)23-16/h4-10H,3,11H2,1-2H3,(H,22,26)(H,21,23,25). The number of carbonyl (C=O) groups excluding carboxylic acids is 1. The summed E-state index contributed by atoms with van der Waals surface area (Å²) in [4.78, 5) is 33.6. The molecule has 2 N–H and O–H groups in total. The van der Waals surface area contributed by atoms with E-state index in [9.17, 15) is 9.59 Å². The average Bonchev–Trinajstić information content (AvgIpc) is 2.66. The maximum absolute atomic E-state index is 12.7. The number of nitrogens with one attached hydrogen (secondary N) is 2. The number of para-hydroxylation sites is 2. The predicted molar refractivity (Wildman–Crippen MR) is 105 cm³/mol. The summed E-state index contributed by atoms with van der Waals surface area (Å²) in [5, 5.41) is 3.70. The lowest BCUT2D eigenvalue weighted by atomic mass is 10.2. The summed E-state index contributed by atoms with van der Waals surface area (Å²) >= 11 is 6.09. The minimum absolute atomic E-state index is 0.158. The monoisotopic (exact) mass is 386 g/mol. The Kier molecular flexibility index (Phi) is 5.61. The molecular weight excluding hydrogens is 368 g/mol. The summed E-state index contributed by atoms with van der Waals surface area (Å²) in [5.41, 5.74) is 0.821.